The summed E-state index contributed by atoms with van der Waals surface area (Å²) >= 11 is 0. The zero-order chi connectivity index (χ0) is 14.6. The van der Waals surface area contributed by atoms with Crippen LogP contribution < -0.4 is 9.47 Å². The molecule has 21 heavy (non-hydrogen) atoms. The Bertz CT molecular complexity index is 551. The summed E-state index contributed by atoms with van der Waals surface area (Å²) in [6.07, 6.45) is 7.02. The second-order valence-electron chi connectivity index (χ2n) is 7.02. The Labute approximate surface area is 127 Å². The maximum absolute atomic E-state index is 5.38. The lowest BCUT2D eigenvalue weighted by atomic mass is 9.98. The summed E-state index contributed by atoms with van der Waals surface area (Å²) in [7, 11) is 3.42. The molecular weight excluding hydrogens is 260 g/mol. The van der Waals surface area contributed by atoms with Gasteiger partial charge in [-0.05, 0) is 79.0 Å². The van der Waals surface area contributed by atoms with Gasteiger partial charge in [-0.15, -0.1) is 0 Å². The first-order valence-electron chi connectivity index (χ1n) is 8.13. The minimum atomic E-state index is 0.841. The molecule has 0 aliphatic heterocycles. The lowest BCUT2D eigenvalue weighted by molar-refractivity contribution is 0.394. The highest BCUT2D eigenvalue weighted by atomic mass is 16.5. The van der Waals surface area contributed by atoms with Crippen molar-refractivity contribution in [1.29, 1.82) is 0 Å². The topological polar surface area (TPSA) is 18.5 Å². The van der Waals surface area contributed by atoms with Gasteiger partial charge in [-0.3, -0.25) is 0 Å². The molecule has 112 valence electrons. The van der Waals surface area contributed by atoms with Gasteiger partial charge in [0.25, 0.3) is 0 Å². The lowest BCUT2D eigenvalue weighted by Gasteiger charge is -2.10. The summed E-state index contributed by atoms with van der Waals surface area (Å²) in [5, 5.41) is 0. The van der Waals surface area contributed by atoms with Crippen molar-refractivity contribution in [2.75, 3.05) is 14.2 Å². The number of hydrogen-bond acceptors (Lipinski definition) is 2. The van der Waals surface area contributed by atoms with E-state index < -0.39 is 0 Å². The highest BCUT2D eigenvalue weighted by Crippen LogP contribution is 2.70. The van der Waals surface area contributed by atoms with E-state index >= 15 is 0 Å². The van der Waals surface area contributed by atoms with Gasteiger partial charge in [0.1, 0.15) is 11.5 Å². The Morgan fingerprint density at radius 1 is 1.00 bits per heavy atom. The van der Waals surface area contributed by atoms with Crippen LogP contribution in [-0.4, -0.2) is 14.2 Å². The lowest BCUT2D eigenvalue weighted by Crippen LogP contribution is -1.96. The third-order valence-corrected chi connectivity index (χ3v) is 6.04. The molecule has 1 aromatic rings. The highest BCUT2D eigenvalue weighted by Gasteiger charge is 2.63. The molecule has 3 saturated carbocycles. The quantitative estimate of drug-likeness (QED) is 0.816. The van der Waals surface area contributed by atoms with Gasteiger partial charge in [0, 0.05) is 6.07 Å². The monoisotopic (exact) mass is 284 g/mol. The number of fused-ring (bicyclic) bond motifs is 5. The van der Waals surface area contributed by atoms with Crippen LogP contribution in [-0.2, 0) is 0 Å². The van der Waals surface area contributed by atoms with Gasteiger partial charge in [0.05, 0.1) is 14.2 Å². The van der Waals surface area contributed by atoms with E-state index in [1.807, 2.05) is 6.07 Å². The standard InChI is InChI=1S/C19H24O2/c1-11(14-8-15(20-2)10-16(9-14)21-3)6-17-18-12-4-5-13(7-12)19(17)18/h6,8-10,12-13,17-19H,4-5,7H2,1-3H3/b11-6+/t12-,13+,17?,18-,19+. The van der Waals surface area contributed by atoms with Crippen molar-refractivity contribution in [1.82, 2.24) is 0 Å². The van der Waals surface area contributed by atoms with E-state index in [-0.39, 0.29) is 0 Å². The second kappa shape index (κ2) is 4.79. The second-order valence-corrected chi connectivity index (χ2v) is 7.02. The number of hydrogen-bond donors (Lipinski definition) is 0. The summed E-state index contributed by atoms with van der Waals surface area (Å²) < 4.78 is 10.8. The van der Waals surface area contributed by atoms with E-state index in [0.29, 0.717) is 0 Å². The van der Waals surface area contributed by atoms with Crippen LogP contribution in [0.1, 0.15) is 31.7 Å². The smallest absolute Gasteiger partial charge is 0.123 e. The van der Waals surface area contributed by atoms with E-state index in [0.717, 1.165) is 41.1 Å². The predicted octanol–water partition coefficient (Wildman–Crippen LogP) is 4.40. The van der Waals surface area contributed by atoms with Crippen molar-refractivity contribution in [3.8, 4) is 11.5 Å². The molecule has 0 heterocycles. The first kappa shape index (κ1) is 13.2. The first-order chi connectivity index (χ1) is 10.2. The van der Waals surface area contributed by atoms with Crippen LogP contribution in [0.3, 0.4) is 0 Å². The fraction of sp³-hybridized carbons (Fsp3) is 0.579. The van der Waals surface area contributed by atoms with Crippen LogP contribution in [0.4, 0.5) is 0 Å². The molecule has 0 saturated heterocycles. The summed E-state index contributed by atoms with van der Waals surface area (Å²) in [6.45, 7) is 2.23. The molecule has 2 nitrogen and oxygen atoms in total. The average Bonchev–Trinajstić information content (AvgIpc) is 2.90. The fourth-order valence-electron chi connectivity index (χ4n) is 5.04. The number of ether oxygens (including phenoxy) is 2. The fourth-order valence-corrected chi connectivity index (χ4v) is 5.04. The van der Waals surface area contributed by atoms with E-state index in [4.69, 9.17) is 9.47 Å². The Morgan fingerprint density at radius 2 is 1.57 bits per heavy atom. The van der Waals surface area contributed by atoms with Crippen LogP contribution in [0.25, 0.3) is 5.57 Å². The molecule has 0 N–H and O–H groups in total. The van der Waals surface area contributed by atoms with Crippen LogP contribution >= 0.6 is 0 Å². The van der Waals surface area contributed by atoms with Crippen molar-refractivity contribution in [2.24, 2.45) is 29.6 Å². The van der Waals surface area contributed by atoms with Crippen LogP contribution in [0.2, 0.25) is 0 Å². The summed E-state index contributed by atoms with van der Waals surface area (Å²) in [5.41, 5.74) is 2.59. The molecule has 0 amide bonds. The molecule has 5 atom stereocenters. The Morgan fingerprint density at radius 3 is 2.10 bits per heavy atom. The van der Waals surface area contributed by atoms with Gasteiger partial charge >= 0.3 is 0 Å². The molecule has 1 aromatic carbocycles. The Kier molecular flexibility index (Phi) is 3.02. The number of benzene rings is 1. The number of rotatable bonds is 4. The van der Waals surface area contributed by atoms with Crippen LogP contribution in [0.15, 0.2) is 24.3 Å². The largest absolute Gasteiger partial charge is 0.497 e. The summed E-state index contributed by atoms with van der Waals surface area (Å²) in [6, 6.07) is 6.16. The van der Waals surface area contributed by atoms with Crippen LogP contribution in [0, 0.1) is 29.6 Å². The van der Waals surface area contributed by atoms with E-state index in [1.54, 1.807) is 14.2 Å². The first-order valence-corrected chi connectivity index (χ1v) is 8.13. The molecule has 1 unspecified atom stereocenters. The molecule has 0 radical (unpaired) electrons. The molecular formula is C19H24O2. The van der Waals surface area contributed by atoms with Gasteiger partial charge in [-0.2, -0.15) is 0 Å². The minimum Gasteiger partial charge on any atom is -0.497 e. The van der Waals surface area contributed by atoms with Crippen molar-refractivity contribution in [3.63, 3.8) is 0 Å². The van der Waals surface area contributed by atoms with Crippen molar-refractivity contribution in [2.45, 2.75) is 26.2 Å². The predicted molar refractivity (Wildman–Crippen MR) is 84.5 cm³/mol. The minimum absolute atomic E-state index is 0.841. The molecule has 3 aliphatic rings. The van der Waals surface area contributed by atoms with Gasteiger partial charge in [0.2, 0.25) is 0 Å². The van der Waals surface area contributed by atoms with Crippen LogP contribution in [0.5, 0.6) is 11.5 Å². The van der Waals surface area contributed by atoms with E-state index in [1.165, 1.54) is 30.4 Å². The maximum Gasteiger partial charge on any atom is 0.123 e. The summed E-state index contributed by atoms with van der Waals surface area (Å²) in [5.74, 6) is 6.66. The number of methoxy groups -OCH3 is 2. The Hall–Kier alpha value is -1.44. The van der Waals surface area contributed by atoms with E-state index in [9.17, 15) is 0 Å². The molecule has 4 rings (SSSR count). The molecule has 0 aromatic heterocycles. The SMILES string of the molecule is COc1cc(OC)cc(/C(C)=C/C2[C@@H]3[C@H]4CC[C@H](C4)[C@H]23)c1. The molecule has 3 fully saturated rings. The van der Waals surface area contributed by atoms with Gasteiger partial charge in [0.15, 0.2) is 0 Å². The molecule has 2 heteroatoms. The Balaban J connectivity index is 1.58. The molecule has 2 bridgehead atoms. The van der Waals surface area contributed by atoms with Crippen molar-refractivity contribution >= 4 is 5.57 Å². The van der Waals surface area contributed by atoms with Crippen molar-refractivity contribution in [3.05, 3.63) is 29.8 Å². The highest BCUT2D eigenvalue weighted by molar-refractivity contribution is 5.67. The normalized spacial score (nSPS) is 36.5. The van der Waals surface area contributed by atoms with Gasteiger partial charge in [-0.1, -0.05) is 6.08 Å². The zero-order valence-electron chi connectivity index (χ0n) is 13.1. The molecule has 3 aliphatic carbocycles. The zero-order valence-corrected chi connectivity index (χ0v) is 13.1. The third kappa shape index (κ3) is 2.07. The molecule has 0 spiro atoms. The maximum atomic E-state index is 5.38. The average molecular weight is 284 g/mol. The van der Waals surface area contributed by atoms with Gasteiger partial charge < -0.3 is 9.47 Å². The third-order valence-electron chi connectivity index (χ3n) is 6.04. The van der Waals surface area contributed by atoms with Gasteiger partial charge in [-0.25, -0.2) is 0 Å². The van der Waals surface area contributed by atoms with Crippen molar-refractivity contribution < 1.29 is 9.47 Å². The summed E-state index contributed by atoms with van der Waals surface area (Å²) in [4.78, 5) is 0. The van der Waals surface area contributed by atoms with E-state index in [2.05, 4.69) is 25.1 Å². The number of allylic oxidation sites excluding steroid dienone is 2.